The molecule has 160 valence electrons. The number of rotatable bonds is 9. The molecule has 0 bridgehead atoms. The average Bonchev–Trinajstić information content (AvgIpc) is 2.77. The number of piperidine rings is 1. The minimum Gasteiger partial charge on any atom is -0.466 e. The highest BCUT2D eigenvalue weighted by Crippen LogP contribution is 2.24. The second-order valence-corrected chi connectivity index (χ2v) is 7.82. The Morgan fingerprint density at radius 3 is 2.70 bits per heavy atom. The van der Waals surface area contributed by atoms with Crippen molar-refractivity contribution in [2.24, 2.45) is 5.92 Å². The van der Waals surface area contributed by atoms with Gasteiger partial charge in [-0.1, -0.05) is 66.2 Å². The van der Waals surface area contributed by atoms with Gasteiger partial charge in [-0.05, 0) is 49.9 Å². The summed E-state index contributed by atoms with van der Waals surface area (Å²) in [5.74, 6) is -0.0543. The molecule has 1 aliphatic rings. The van der Waals surface area contributed by atoms with Crippen LogP contribution in [0.25, 0.3) is 5.57 Å². The smallest absolute Gasteiger partial charge is 0.310 e. The topological polar surface area (TPSA) is 38.8 Å². The number of nitrogens with zero attached hydrogens (tertiary/aromatic N) is 1. The van der Waals surface area contributed by atoms with E-state index < -0.39 is 0 Å². The van der Waals surface area contributed by atoms with Crippen LogP contribution in [0.1, 0.15) is 36.5 Å². The van der Waals surface area contributed by atoms with Crippen molar-refractivity contribution < 1.29 is 14.3 Å². The average molecular weight is 408 g/mol. The number of ether oxygens (including phenoxy) is 2. The summed E-state index contributed by atoms with van der Waals surface area (Å²) in [4.78, 5) is 14.3. The first-order chi connectivity index (χ1) is 14.7. The van der Waals surface area contributed by atoms with Crippen molar-refractivity contribution in [2.75, 3.05) is 39.5 Å². The van der Waals surface area contributed by atoms with E-state index in [1.165, 1.54) is 22.3 Å². The molecule has 0 spiro atoms. The molecule has 1 atom stereocenters. The van der Waals surface area contributed by atoms with Crippen molar-refractivity contribution in [1.29, 1.82) is 0 Å². The van der Waals surface area contributed by atoms with Crippen LogP contribution in [0.15, 0.2) is 60.7 Å². The first kappa shape index (κ1) is 22.3. The number of benzene rings is 2. The maximum Gasteiger partial charge on any atom is 0.310 e. The fourth-order valence-corrected chi connectivity index (χ4v) is 3.96. The normalized spacial score (nSPS) is 17.7. The number of carbonyl (C=O) groups excluding carboxylic acids is 1. The summed E-state index contributed by atoms with van der Waals surface area (Å²) in [6.07, 6.45) is 4.13. The Hall–Kier alpha value is -2.43. The Bertz CT molecular complexity index is 831. The molecule has 0 aliphatic carbocycles. The molecular formula is C26H33NO3. The number of hydrogen-bond donors (Lipinski definition) is 0. The van der Waals surface area contributed by atoms with Gasteiger partial charge in [0.15, 0.2) is 0 Å². The van der Waals surface area contributed by atoms with Crippen LogP contribution in [0.2, 0.25) is 0 Å². The summed E-state index contributed by atoms with van der Waals surface area (Å²) >= 11 is 0. The summed E-state index contributed by atoms with van der Waals surface area (Å²) < 4.78 is 11.1. The van der Waals surface area contributed by atoms with Gasteiger partial charge in [-0.3, -0.25) is 4.79 Å². The van der Waals surface area contributed by atoms with E-state index in [2.05, 4.69) is 66.4 Å². The predicted octanol–water partition coefficient (Wildman–Crippen LogP) is 4.72. The monoisotopic (exact) mass is 407 g/mol. The zero-order valence-corrected chi connectivity index (χ0v) is 18.2. The second kappa shape index (κ2) is 11.7. The maximum atomic E-state index is 12.0. The van der Waals surface area contributed by atoms with Gasteiger partial charge in [-0.15, -0.1) is 0 Å². The molecule has 0 amide bonds. The minimum absolute atomic E-state index is 0.00426. The van der Waals surface area contributed by atoms with Crippen LogP contribution in [0.3, 0.4) is 0 Å². The van der Waals surface area contributed by atoms with E-state index in [-0.39, 0.29) is 11.9 Å². The molecule has 0 saturated carbocycles. The second-order valence-electron chi connectivity index (χ2n) is 7.82. The largest absolute Gasteiger partial charge is 0.466 e. The lowest BCUT2D eigenvalue weighted by Crippen LogP contribution is -2.40. The van der Waals surface area contributed by atoms with Crippen molar-refractivity contribution in [3.63, 3.8) is 0 Å². The first-order valence-corrected chi connectivity index (χ1v) is 11.0. The number of likely N-dealkylation sites (tertiary alicyclic amines) is 1. The molecule has 2 aromatic carbocycles. The first-order valence-electron chi connectivity index (χ1n) is 11.0. The summed E-state index contributed by atoms with van der Waals surface area (Å²) in [5, 5.41) is 0. The molecule has 4 nitrogen and oxygen atoms in total. The fourth-order valence-electron chi connectivity index (χ4n) is 3.96. The van der Waals surface area contributed by atoms with Gasteiger partial charge in [-0.25, -0.2) is 0 Å². The van der Waals surface area contributed by atoms with Gasteiger partial charge in [0.2, 0.25) is 0 Å². The molecule has 0 radical (unpaired) electrons. The van der Waals surface area contributed by atoms with E-state index in [1.807, 2.05) is 13.0 Å². The van der Waals surface area contributed by atoms with Gasteiger partial charge < -0.3 is 14.4 Å². The zero-order valence-electron chi connectivity index (χ0n) is 18.2. The number of esters is 1. The van der Waals surface area contributed by atoms with Crippen molar-refractivity contribution >= 4 is 11.5 Å². The van der Waals surface area contributed by atoms with Crippen LogP contribution in [-0.2, 0) is 14.3 Å². The Labute approximate surface area is 180 Å². The standard InChI is InChI=1S/C26H33NO3/c1-3-30-26(28)24-13-8-15-27(20-24)16-18-29-17-14-25(22-10-5-4-6-11-22)23-12-7-9-21(2)19-23/h4-7,9-12,14,19,24H,3,8,13,15-18,20H2,1-2H3/b25-14-/t24-/m1/s1. The molecule has 1 fully saturated rings. The van der Waals surface area contributed by atoms with Gasteiger partial charge in [-0.2, -0.15) is 0 Å². The molecule has 0 unspecified atom stereocenters. The van der Waals surface area contributed by atoms with Crippen LogP contribution in [0.4, 0.5) is 0 Å². The number of carbonyl (C=O) groups is 1. The van der Waals surface area contributed by atoms with Crippen LogP contribution in [-0.4, -0.2) is 50.3 Å². The van der Waals surface area contributed by atoms with Gasteiger partial charge in [0.25, 0.3) is 0 Å². The fraction of sp³-hybridized carbons (Fsp3) is 0.423. The van der Waals surface area contributed by atoms with Crippen LogP contribution in [0, 0.1) is 12.8 Å². The highest BCUT2D eigenvalue weighted by molar-refractivity contribution is 5.80. The van der Waals surface area contributed by atoms with Gasteiger partial charge in [0, 0.05) is 13.1 Å². The predicted molar refractivity (Wildman–Crippen MR) is 121 cm³/mol. The molecule has 1 heterocycles. The Balaban J connectivity index is 1.54. The lowest BCUT2D eigenvalue weighted by atomic mass is 9.96. The van der Waals surface area contributed by atoms with Gasteiger partial charge >= 0.3 is 5.97 Å². The molecule has 0 aromatic heterocycles. The molecular weight excluding hydrogens is 374 g/mol. The molecule has 2 aromatic rings. The number of aryl methyl sites for hydroxylation is 1. The van der Waals surface area contributed by atoms with Crippen molar-refractivity contribution in [1.82, 2.24) is 4.90 Å². The van der Waals surface area contributed by atoms with Crippen LogP contribution < -0.4 is 0 Å². The Morgan fingerprint density at radius 1 is 1.13 bits per heavy atom. The Morgan fingerprint density at radius 2 is 1.93 bits per heavy atom. The van der Waals surface area contributed by atoms with E-state index in [0.717, 1.165) is 32.5 Å². The number of hydrogen-bond acceptors (Lipinski definition) is 4. The summed E-state index contributed by atoms with van der Waals surface area (Å²) in [6, 6.07) is 19.0. The van der Waals surface area contributed by atoms with Crippen LogP contribution in [0.5, 0.6) is 0 Å². The molecule has 1 saturated heterocycles. The molecule has 3 rings (SSSR count). The third-order valence-corrected chi connectivity index (χ3v) is 5.50. The molecule has 0 N–H and O–H groups in total. The van der Waals surface area contributed by atoms with Gasteiger partial charge in [0.05, 0.1) is 25.7 Å². The van der Waals surface area contributed by atoms with Crippen molar-refractivity contribution in [3.05, 3.63) is 77.4 Å². The maximum absolute atomic E-state index is 12.0. The molecule has 1 aliphatic heterocycles. The van der Waals surface area contributed by atoms with Gasteiger partial charge in [0.1, 0.15) is 0 Å². The third kappa shape index (κ3) is 6.54. The quantitative estimate of drug-likeness (QED) is 0.445. The van der Waals surface area contributed by atoms with E-state index in [0.29, 0.717) is 19.8 Å². The summed E-state index contributed by atoms with van der Waals surface area (Å²) in [6.45, 7) is 8.29. The third-order valence-electron chi connectivity index (χ3n) is 5.50. The Kier molecular flexibility index (Phi) is 8.66. The van der Waals surface area contributed by atoms with E-state index in [1.54, 1.807) is 0 Å². The van der Waals surface area contributed by atoms with Crippen molar-refractivity contribution in [2.45, 2.75) is 26.7 Å². The van der Waals surface area contributed by atoms with E-state index in [4.69, 9.17) is 9.47 Å². The summed E-state index contributed by atoms with van der Waals surface area (Å²) in [7, 11) is 0. The van der Waals surface area contributed by atoms with Crippen LogP contribution >= 0.6 is 0 Å². The zero-order chi connectivity index (χ0) is 21.2. The highest BCUT2D eigenvalue weighted by atomic mass is 16.5. The van der Waals surface area contributed by atoms with E-state index in [9.17, 15) is 4.79 Å². The lowest BCUT2D eigenvalue weighted by molar-refractivity contribution is -0.150. The van der Waals surface area contributed by atoms with E-state index >= 15 is 0 Å². The SMILES string of the molecule is CCOC(=O)[C@@H]1CCCN(CCOC/C=C(/c2ccccc2)c2cccc(C)c2)C1. The molecule has 4 heteroatoms. The minimum atomic E-state index is -0.0586. The summed E-state index contributed by atoms with van der Waals surface area (Å²) in [5.41, 5.74) is 4.84. The lowest BCUT2D eigenvalue weighted by Gasteiger charge is -2.31. The van der Waals surface area contributed by atoms with Crippen molar-refractivity contribution in [3.8, 4) is 0 Å². The highest BCUT2D eigenvalue weighted by Gasteiger charge is 2.26. The molecule has 30 heavy (non-hydrogen) atoms.